The van der Waals surface area contributed by atoms with E-state index in [-0.39, 0.29) is 0 Å². The molecule has 96 valence electrons. The van der Waals surface area contributed by atoms with Crippen molar-refractivity contribution in [3.05, 3.63) is 11.9 Å². The molecule has 0 spiro atoms. The summed E-state index contributed by atoms with van der Waals surface area (Å²) in [5.74, 6) is 0.872. The molecule has 2 N–H and O–H groups in total. The molecule has 1 saturated carbocycles. The van der Waals surface area contributed by atoms with Crippen molar-refractivity contribution in [3.63, 3.8) is 0 Å². The third kappa shape index (κ3) is 3.78. The largest absolute Gasteiger partial charge is 0.376 e. The summed E-state index contributed by atoms with van der Waals surface area (Å²) in [4.78, 5) is 0. The molecule has 1 heterocycles. The number of aromatic nitrogens is 3. The molecule has 0 saturated heterocycles. The number of rotatable bonds is 5. The Morgan fingerprint density at radius 2 is 2.18 bits per heavy atom. The van der Waals surface area contributed by atoms with Crippen molar-refractivity contribution in [1.29, 1.82) is 0 Å². The molecule has 2 rings (SSSR count). The molecule has 5 heteroatoms. The van der Waals surface area contributed by atoms with Gasteiger partial charge in [-0.3, -0.25) is 0 Å². The lowest BCUT2D eigenvalue weighted by Gasteiger charge is -2.26. The quantitative estimate of drug-likeness (QED) is 0.840. The average Bonchev–Trinajstić information content (AvgIpc) is 2.80. The van der Waals surface area contributed by atoms with Gasteiger partial charge in [0.2, 0.25) is 0 Å². The molecule has 17 heavy (non-hydrogen) atoms. The van der Waals surface area contributed by atoms with Crippen molar-refractivity contribution in [2.75, 3.05) is 6.61 Å². The summed E-state index contributed by atoms with van der Waals surface area (Å²) >= 11 is 0. The fourth-order valence-electron chi connectivity index (χ4n) is 2.25. The first-order valence-corrected chi connectivity index (χ1v) is 6.48. The van der Waals surface area contributed by atoms with Gasteiger partial charge >= 0.3 is 0 Å². The fourth-order valence-corrected chi connectivity index (χ4v) is 2.25. The van der Waals surface area contributed by atoms with Crippen molar-refractivity contribution in [2.45, 2.75) is 51.8 Å². The van der Waals surface area contributed by atoms with Crippen LogP contribution in [0, 0.1) is 5.92 Å². The van der Waals surface area contributed by atoms with Crippen molar-refractivity contribution in [3.8, 4) is 0 Å². The number of nitrogens with zero attached hydrogens (tertiary/aromatic N) is 3. The summed E-state index contributed by atoms with van der Waals surface area (Å²) in [6.07, 6.45) is 7.32. The number of ether oxygens (including phenoxy) is 1. The van der Waals surface area contributed by atoms with E-state index >= 15 is 0 Å². The van der Waals surface area contributed by atoms with E-state index in [9.17, 15) is 0 Å². The van der Waals surface area contributed by atoms with Crippen LogP contribution in [-0.2, 0) is 17.8 Å². The number of hydrogen-bond donors (Lipinski definition) is 1. The Morgan fingerprint density at radius 3 is 2.82 bits per heavy atom. The van der Waals surface area contributed by atoms with Gasteiger partial charge in [0, 0.05) is 12.7 Å². The fraction of sp³-hybridized carbons (Fsp3) is 0.833. The summed E-state index contributed by atoms with van der Waals surface area (Å²) in [6, 6.07) is 0. The maximum absolute atomic E-state index is 5.86. The van der Waals surface area contributed by atoms with E-state index in [0.29, 0.717) is 19.3 Å². The molecule has 5 nitrogen and oxygen atoms in total. The third-order valence-corrected chi connectivity index (χ3v) is 3.43. The van der Waals surface area contributed by atoms with Crippen LogP contribution < -0.4 is 5.73 Å². The van der Waals surface area contributed by atoms with Gasteiger partial charge < -0.3 is 10.5 Å². The maximum atomic E-state index is 5.86. The van der Waals surface area contributed by atoms with Crippen LogP contribution in [0.3, 0.4) is 0 Å². The first kappa shape index (κ1) is 12.5. The number of hydrogen-bond acceptors (Lipinski definition) is 4. The maximum Gasteiger partial charge on any atom is 0.0962 e. The SMILES string of the molecule is CC1CCC(OCCn2cc(CN)nn2)CC1. The minimum Gasteiger partial charge on any atom is -0.376 e. The minimum atomic E-state index is 0.446. The number of nitrogens with two attached hydrogens (primary N) is 1. The van der Waals surface area contributed by atoms with Crippen LogP contribution in [0.25, 0.3) is 0 Å². The summed E-state index contributed by atoms with van der Waals surface area (Å²) in [6.45, 7) is 4.24. The minimum absolute atomic E-state index is 0.446. The lowest BCUT2D eigenvalue weighted by atomic mass is 9.89. The van der Waals surface area contributed by atoms with Gasteiger partial charge in [-0.1, -0.05) is 12.1 Å². The van der Waals surface area contributed by atoms with Gasteiger partial charge in [0.1, 0.15) is 0 Å². The van der Waals surface area contributed by atoms with Crippen LogP contribution in [0.5, 0.6) is 0 Å². The second kappa shape index (κ2) is 6.12. The molecule has 0 aliphatic heterocycles. The lowest BCUT2D eigenvalue weighted by molar-refractivity contribution is 0.0145. The summed E-state index contributed by atoms with van der Waals surface area (Å²) < 4.78 is 7.66. The van der Waals surface area contributed by atoms with Crippen molar-refractivity contribution >= 4 is 0 Å². The Hall–Kier alpha value is -0.940. The highest BCUT2D eigenvalue weighted by Gasteiger charge is 2.18. The predicted molar refractivity (Wildman–Crippen MR) is 65.3 cm³/mol. The second-order valence-electron chi connectivity index (χ2n) is 4.93. The van der Waals surface area contributed by atoms with E-state index in [1.165, 1.54) is 25.7 Å². The third-order valence-electron chi connectivity index (χ3n) is 3.43. The van der Waals surface area contributed by atoms with Gasteiger partial charge in [-0.25, -0.2) is 4.68 Å². The van der Waals surface area contributed by atoms with Crippen LogP contribution >= 0.6 is 0 Å². The van der Waals surface area contributed by atoms with E-state index in [4.69, 9.17) is 10.5 Å². The molecule has 0 radical (unpaired) electrons. The first-order chi connectivity index (χ1) is 8.28. The molecule has 0 bridgehead atoms. The van der Waals surface area contributed by atoms with E-state index < -0.39 is 0 Å². The zero-order chi connectivity index (χ0) is 12.1. The lowest BCUT2D eigenvalue weighted by Crippen LogP contribution is -2.22. The van der Waals surface area contributed by atoms with Crippen LogP contribution in [0.15, 0.2) is 6.20 Å². The van der Waals surface area contributed by atoms with Crippen molar-refractivity contribution in [2.24, 2.45) is 11.7 Å². The van der Waals surface area contributed by atoms with Crippen molar-refractivity contribution < 1.29 is 4.74 Å². The normalized spacial score (nSPS) is 25.1. The molecular formula is C12H22N4O. The zero-order valence-corrected chi connectivity index (χ0v) is 10.5. The molecule has 0 aromatic carbocycles. The van der Waals surface area contributed by atoms with Crippen LogP contribution in [0.1, 0.15) is 38.3 Å². The molecule has 0 atom stereocenters. The standard InChI is InChI=1S/C12H22N4O/c1-10-2-4-12(5-3-10)17-7-6-16-9-11(8-13)14-15-16/h9-10,12H,2-8,13H2,1H3. The molecule has 1 aliphatic carbocycles. The summed E-state index contributed by atoms with van der Waals surface area (Å²) in [5, 5.41) is 7.93. The smallest absolute Gasteiger partial charge is 0.0962 e. The van der Waals surface area contributed by atoms with Gasteiger partial charge in [-0.2, -0.15) is 0 Å². The molecule has 0 unspecified atom stereocenters. The van der Waals surface area contributed by atoms with Crippen LogP contribution in [0.4, 0.5) is 0 Å². The summed E-state index contributed by atoms with van der Waals surface area (Å²) in [5.41, 5.74) is 6.30. The Morgan fingerprint density at radius 1 is 1.41 bits per heavy atom. The van der Waals surface area contributed by atoms with Crippen molar-refractivity contribution in [1.82, 2.24) is 15.0 Å². The van der Waals surface area contributed by atoms with Crippen LogP contribution in [-0.4, -0.2) is 27.7 Å². The van der Waals surface area contributed by atoms with E-state index in [1.54, 1.807) is 4.68 Å². The van der Waals surface area contributed by atoms with Gasteiger partial charge in [0.25, 0.3) is 0 Å². The van der Waals surface area contributed by atoms with E-state index in [0.717, 1.165) is 18.2 Å². The molecule has 1 fully saturated rings. The second-order valence-corrected chi connectivity index (χ2v) is 4.93. The zero-order valence-electron chi connectivity index (χ0n) is 10.5. The van der Waals surface area contributed by atoms with Gasteiger partial charge in [0.15, 0.2) is 0 Å². The first-order valence-electron chi connectivity index (χ1n) is 6.48. The van der Waals surface area contributed by atoms with Gasteiger partial charge in [-0.15, -0.1) is 5.10 Å². The van der Waals surface area contributed by atoms with E-state index in [2.05, 4.69) is 17.2 Å². The molecular weight excluding hydrogens is 216 g/mol. The van der Waals surface area contributed by atoms with Gasteiger partial charge in [-0.05, 0) is 31.6 Å². The highest BCUT2D eigenvalue weighted by Crippen LogP contribution is 2.25. The van der Waals surface area contributed by atoms with Crippen LogP contribution in [0.2, 0.25) is 0 Å². The topological polar surface area (TPSA) is 66.0 Å². The van der Waals surface area contributed by atoms with E-state index in [1.807, 2.05) is 6.20 Å². The van der Waals surface area contributed by atoms with Gasteiger partial charge in [0.05, 0.1) is 24.9 Å². The average molecular weight is 238 g/mol. The Bertz CT molecular complexity index is 331. The Kier molecular flexibility index (Phi) is 4.50. The highest BCUT2D eigenvalue weighted by atomic mass is 16.5. The molecule has 0 amide bonds. The summed E-state index contributed by atoms with van der Waals surface area (Å²) in [7, 11) is 0. The Balaban J connectivity index is 1.65. The molecule has 1 aliphatic rings. The molecule has 1 aromatic heterocycles. The Labute approximate surface area is 102 Å². The monoisotopic (exact) mass is 238 g/mol. The predicted octanol–water partition coefficient (Wildman–Crippen LogP) is 1.33. The highest BCUT2D eigenvalue weighted by molar-refractivity contribution is 4.90. The molecule has 1 aromatic rings.